The number of H-pyrrole nitrogens is 1. The Balaban J connectivity index is 2.05. The molecule has 0 fully saturated rings. The number of imidazole rings is 1. The van der Waals surface area contributed by atoms with Crippen LogP contribution in [0.4, 0.5) is 0 Å². The minimum atomic E-state index is 0.111. The van der Waals surface area contributed by atoms with Crippen molar-refractivity contribution in [3.05, 3.63) is 42.2 Å². The summed E-state index contributed by atoms with van der Waals surface area (Å²) in [4.78, 5) is 7.72. The van der Waals surface area contributed by atoms with Crippen molar-refractivity contribution in [2.45, 2.75) is 12.8 Å². The van der Waals surface area contributed by atoms with Crippen LogP contribution in [0.1, 0.15) is 12.2 Å². The highest BCUT2D eigenvalue weighted by Crippen LogP contribution is 2.11. The lowest BCUT2D eigenvalue weighted by molar-refractivity contribution is 0.342. The number of rotatable bonds is 4. The van der Waals surface area contributed by atoms with Crippen LogP contribution in [0.3, 0.4) is 0 Å². The molecular weight excluding hydrogens is 188 g/mol. The Hall–Kier alpha value is -1.61. The standard InChI is InChI=1S/C12H14N2O/c15-9-5-1-2-8-12-13-10-6-3-4-7-11(10)14-12/h1,3-7,15H,2,8-9H2,(H,13,14)/b5-1+. The molecular formula is C12H14N2O. The third-order valence-electron chi connectivity index (χ3n) is 2.26. The third kappa shape index (κ3) is 2.44. The van der Waals surface area contributed by atoms with Crippen molar-refractivity contribution in [2.24, 2.45) is 0 Å². The first-order chi connectivity index (χ1) is 7.40. The van der Waals surface area contributed by atoms with Crippen LogP contribution in [0.5, 0.6) is 0 Å². The summed E-state index contributed by atoms with van der Waals surface area (Å²) in [5.41, 5.74) is 2.09. The third-order valence-corrected chi connectivity index (χ3v) is 2.26. The van der Waals surface area contributed by atoms with Crippen LogP contribution in [-0.2, 0) is 6.42 Å². The van der Waals surface area contributed by atoms with Crippen molar-refractivity contribution in [3.8, 4) is 0 Å². The summed E-state index contributed by atoms with van der Waals surface area (Å²) in [6.07, 6.45) is 5.50. The number of aryl methyl sites for hydroxylation is 1. The first kappa shape index (κ1) is 9.93. The van der Waals surface area contributed by atoms with Crippen LogP contribution < -0.4 is 0 Å². The summed E-state index contributed by atoms with van der Waals surface area (Å²) in [6, 6.07) is 8.00. The number of para-hydroxylation sites is 2. The average molecular weight is 202 g/mol. The molecule has 2 N–H and O–H groups in total. The summed E-state index contributed by atoms with van der Waals surface area (Å²) in [5, 5.41) is 8.57. The number of nitrogens with zero attached hydrogens (tertiary/aromatic N) is 1. The second-order valence-electron chi connectivity index (χ2n) is 3.39. The minimum Gasteiger partial charge on any atom is -0.392 e. The highest BCUT2D eigenvalue weighted by atomic mass is 16.2. The zero-order valence-corrected chi connectivity index (χ0v) is 8.48. The molecule has 1 aromatic heterocycles. The molecule has 2 aromatic rings. The van der Waals surface area contributed by atoms with Gasteiger partial charge in [-0.05, 0) is 18.6 Å². The fourth-order valence-corrected chi connectivity index (χ4v) is 1.54. The summed E-state index contributed by atoms with van der Waals surface area (Å²) < 4.78 is 0. The van der Waals surface area contributed by atoms with E-state index in [1.54, 1.807) is 6.08 Å². The number of aliphatic hydroxyl groups excluding tert-OH is 1. The van der Waals surface area contributed by atoms with E-state index >= 15 is 0 Å². The Kier molecular flexibility index (Phi) is 3.15. The molecule has 0 aliphatic heterocycles. The molecule has 0 bridgehead atoms. The fourth-order valence-electron chi connectivity index (χ4n) is 1.54. The highest BCUT2D eigenvalue weighted by Gasteiger charge is 1.99. The number of hydrogen-bond acceptors (Lipinski definition) is 2. The monoisotopic (exact) mass is 202 g/mol. The van der Waals surface area contributed by atoms with Gasteiger partial charge in [0.15, 0.2) is 0 Å². The van der Waals surface area contributed by atoms with E-state index in [9.17, 15) is 0 Å². The van der Waals surface area contributed by atoms with Crippen LogP contribution in [0.25, 0.3) is 11.0 Å². The Morgan fingerprint density at radius 1 is 1.27 bits per heavy atom. The molecule has 1 aromatic carbocycles. The lowest BCUT2D eigenvalue weighted by Gasteiger charge is -1.89. The number of aromatic nitrogens is 2. The molecule has 78 valence electrons. The number of benzene rings is 1. The molecule has 2 rings (SSSR count). The van der Waals surface area contributed by atoms with Gasteiger partial charge in [-0.3, -0.25) is 0 Å². The maximum Gasteiger partial charge on any atom is 0.107 e. The Morgan fingerprint density at radius 3 is 2.93 bits per heavy atom. The molecule has 0 aliphatic rings. The maximum atomic E-state index is 8.57. The highest BCUT2D eigenvalue weighted by molar-refractivity contribution is 5.74. The van der Waals surface area contributed by atoms with Crippen molar-refractivity contribution >= 4 is 11.0 Å². The van der Waals surface area contributed by atoms with Crippen molar-refractivity contribution in [2.75, 3.05) is 6.61 Å². The second-order valence-corrected chi connectivity index (χ2v) is 3.39. The zero-order chi connectivity index (χ0) is 10.5. The van der Waals surface area contributed by atoms with E-state index < -0.39 is 0 Å². The predicted octanol–water partition coefficient (Wildman–Crippen LogP) is 2.04. The molecule has 3 nitrogen and oxygen atoms in total. The predicted molar refractivity (Wildman–Crippen MR) is 60.6 cm³/mol. The normalized spacial score (nSPS) is 11.5. The largest absolute Gasteiger partial charge is 0.392 e. The van der Waals surface area contributed by atoms with Crippen LogP contribution in [0.15, 0.2) is 36.4 Å². The van der Waals surface area contributed by atoms with Crippen LogP contribution in [-0.4, -0.2) is 21.7 Å². The van der Waals surface area contributed by atoms with E-state index in [4.69, 9.17) is 5.11 Å². The smallest absolute Gasteiger partial charge is 0.107 e. The number of hydrogen-bond donors (Lipinski definition) is 2. The quantitative estimate of drug-likeness (QED) is 0.745. The van der Waals surface area contributed by atoms with E-state index in [2.05, 4.69) is 9.97 Å². The minimum absolute atomic E-state index is 0.111. The van der Waals surface area contributed by atoms with E-state index in [0.717, 1.165) is 29.7 Å². The van der Waals surface area contributed by atoms with Gasteiger partial charge in [0.2, 0.25) is 0 Å². The van der Waals surface area contributed by atoms with Crippen molar-refractivity contribution < 1.29 is 5.11 Å². The fraction of sp³-hybridized carbons (Fsp3) is 0.250. The Morgan fingerprint density at radius 2 is 2.13 bits per heavy atom. The molecule has 0 amide bonds. The summed E-state index contributed by atoms with van der Waals surface area (Å²) >= 11 is 0. The van der Waals surface area contributed by atoms with Gasteiger partial charge >= 0.3 is 0 Å². The molecule has 15 heavy (non-hydrogen) atoms. The van der Waals surface area contributed by atoms with E-state index in [0.29, 0.717) is 0 Å². The van der Waals surface area contributed by atoms with Crippen molar-refractivity contribution in [1.82, 2.24) is 9.97 Å². The zero-order valence-electron chi connectivity index (χ0n) is 8.48. The van der Waals surface area contributed by atoms with Crippen molar-refractivity contribution in [3.63, 3.8) is 0 Å². The Labute approximate surface area is 88.5 Å². The van der Waals surface area contributed by atoms with E-state index in [1.807, 2.05) is 30.3 Å². The number of allylic oxidation sites excluding steroid dienone is 1. The molecule has 0 radical (unpaired) electrons. The summed E-state index contributed by atoms with van der Waals surface area (Å²) in [6.45, 7) is 0.111. The number of aromatic amines is 1. The molecule has 0 saturated heterocycles. The van der Waals surface area contributed by atoms with Crippen molar-refractivity contribution in [1.29, 1.82) is 0 Å². The van der Waals surface area contributed by atoms with Crippen LogP contribution in [0.2, 0.25) is 0 Å². The van der Waals surface area contributed by atoms with Gasteiger partial charge in [-0.1, -0.05) is 24.3 Å². The number of fused-ring (bicyclic) bond motifs is 1. The van der Waals surface area contributed by atoms with E-state index in [-0.39, 0.29) is 6.61 Å². The van der Waals surface area contributed by atoms with Gasteiger partial charge in [-0.25, -0.2) is 4.98 Å². The molecule has 3 heteroatoms. The second kappa shape index (κ2) is 4.75. The average Bonchev–Trinajstić information content (AvgIpc) is 2.67. The molecule has 0 spiro atoms. The van der Waals surface area contributed by atoms with Gasteiger partial charge < -0.3 is 10.1 Å². The number of nitrogens with one attached hydrogen (secondary N) is 1. The first-order valence-electron chi connectivity index (χ1n) is 5.09. The van der Waals surface area contributed by atoms with Crippen LogP contribution >= 0.6 is 0 Å². The summed E-state index contributed by atoms with van der Waals surface area (Å²) in [7, 11) is 0. The molecule has 1 heterocycles. The van der Waals surface area contributed by atoms with Gasteiger partial charge in [-0.15, -0.1) is 0 Å². The van der Waals surface area contributed by atoms with Gasteiger partial charge in [0, 0.05) is 6.42 Å². The lowest BCUT2D eigenvalue weighted by atomic mass is 10.3. The van der Waals surface area contributed by atoms with Gasteiger partial charge in [0.25, 0.3) is 0 Å². The Bertz CT molecular complexity index is 426. The molecule has 0 aliphatic carbocycles. The SMILES string of the molecule is OC/C=C/CCc1nc2ccccc2[nH]1. The van der Waals surface area contributed by atoms with Gasteiger partial charge in [-0.2, -0.15) is 0 Å². The molecule has 0 atom stereocenters. The van der Waals surface area contributed by atoms with E-state index in [1.165, 1.54) is 0 Å². The van der Waals surface area contributed by atoms with Crippen LogP contribution in [0, 0.1) is 0 Å². The number of aliphatic hydroxyl groups is 1. The van der Waals surface area contributed by atoms with Gasteiger partial charge in [0.05, 0.1) is 17.6 Å². The maximum absolute atomic E-state index is 8.57. The summed E-state index contributed by atoms with van der Waals surface area (Å²) in [5.74, 6) is 0.999. The lowest BCUT2D eigenvalue weighted by Crippen LogP contribution is -1.85. The first-order valence-corrected chi connectivity index (χ1v) is 5.09. The molecule has 0 saturated carbocycles. The topological polar surface area (TPSA) is 48.9 Å². The molecule has 0 unspecified atom stereocenters. The van der Waals surface area contributed by atoms with Gasteiger partial charge in [0.1, 0.15) is 5.82 Å².